The Labute approximate surface area is 119 Å². The highest BCUT2D eigenvalue weighted by Gasteiger charge is 2.34. The van der Waals surface area contributed by atoms with Crippen LogP contribution in [0.1, 0.15) is 31.4 Å². The summed E-state index contributed by atoms with van der Waals surface area (Å²) in [4.78, 5) is 4.75. The molecule has 3 rings (SSSR count). The van der Waals surface area contributed by atoms with Crippen molar-refractivity contribution >= 4 is 17.1 Å². The van der Waals surface area contributed by atoms with E-state index in [4.69, 9.17) is 10.4 Å². The first kappa shape index (κ1) is 12.8. The molecule has 0 unspecified atom stereocenters. The number of rotatable bonds is 3. The SMILES string of the molecule is CC1(C)C(CC(=N)c2ccccc2)=Nc2ccccc21. The van der Waals surface area contributed by atoms with Gasteiger partial charge in [0.1, 0.15) is 0 Å². The van der Waals surface area contributed by atoms with E-state index in [0.29, 0.717) is 12.1 Å². The highest BCUT2D eigenvalue weighted by Crippen LogP contribution is 2.40. The minimum Gasteiger partial charge on any atom is -0.304 e. The van der Waals surface area contributed by atoms with Crippen molar-refractivity contribution in [2.24, 2.45) is 4.99 Å². The summed E-state index contributed by atoms with van der Waals surface area (Å²) in [5, 5.41) is 8.30. The highest BCUT2D eigenvalue weighted by molar-refractivity contribution is 6.16. The number of nitrogens with one attached hydrogen (secondary N) is 1. The summed E-state index contributed by atoms with van der Waals surface area (Å²) < 4.78 is 0. The van der Waals surface area contributed by atoms with E-state index in [2.05, 4.69) is 32.0 Å². The first-order valence-electron chi connectivity index (χ1n) is 6.89. The van der Waals surface area contributed by atoms with E-state index >= 15 is 0 Å². The van der Waals surface area contributed by atoms with Gasteiger partial charge in [0.15, 0.2) is 0 Å². The van der Waals surface area contributed by atoms with Crippen molar-refractivity contribution in [3.63, 3.8) is 0 Å². The van der Waals surface area contributed by atoms with Gasteiger partial charge in [0.2, 0.25) is 0 Å². The van der Waals surface area contributed by atoms with E-state index in [1.807, 2.05) is 36.4 Å². The largest absolute Gasteiger partial charge is 0.304 e. The predicted molar refractivity (Wildman–Crippen MR) is 84.5 cm³/mol. The zero-order valence-corrected chi connectivity index (χ0v) is 11.9. The molecule has 1 aliphatic heterocycles. The number of hydrogen-bond acceptors (Lipinski definition) is 2. The number of nitrogens with zero attached hydrogens (tertiary/aromatic N) is 1. The van der Waals surface area contributed by atoms with Gasteiger partial charge in [-0.3, -0.25) is 4.99 Å². The maximum absolute atomic E-state index is 8.30. The average Bonchev–Trinajstić information content (AvgIpc) is 2.72. The van der Waals surface area contributed by atoms with Crippen LogP contribution >= 0.6 is 0 Å². The van der Waals surface area contributed by atoms with Gasteiger partial charge in [-0.1, -0.05) is 62.4 Å². The number of benzene rings is 2. The van der Waals surface area contributed by atoms with Crippen LogP contribution in [-0.4, -0.2) is 11.4 Å². The molecule has 0 amide bonds. The van der Waals surface area contributed by atoms with Gasteiger partial charge in [-0.25, -0.2) is 0 Å². The lowest BCUT2D eigenvalue weighted by molar-refractivity contribution is 0.728. The number of fused-ring (bicyclic) bond motifs is 1. The molecule has 0 spiro atoms. The number of aliphatic imine (C=N–C) groups is 1. The molecule has 20 heavy (non-hydrogen) atoms. The van der Waals surface area contributed by atoms with Gasteiger partial charge < -0.3 is 5.41 Å². The van der Waals surface area contributed by atoms with Crippen molar-refractivity contribution in [2.75, 3.05) is 0 Å². The second-order valence-electron chi connectivity index (χ2n) is 5.72. The average molecular weight is 262 g/mol. The van der Waals surface area contributed by atoms with Crippen LogP contribution in [0.25, 0.3) is 0 Å². The van der Waals surface area contributed by atoms with Gasteiger partial charge in [-0.05, 0) is 17.2 Å². The molecule has 1 heterocycles. The first-order chi connectivity index (χ1) is 9.59. The molecule has 0 atom stereocenters. The Hall–Kier alpha value is -2.22. The molecule has 2 aromatic rings. The standard InChI is InChI=1S/C18H18N2/c1-18(2)14-10-6-7-11-16(14)20-17(18)12-15(19)13-8-4-3-5-9-13/h3-11,19H,12H2,1-2H3. The molecular weight excluding hydrogens is 244 g/mol. The fourth-order valence-electron chi connectivity index (χ4n) is 2.71. The van der Waals surface area contributed by atoms with Gasteiger partial charge >= 0.3 is 0 Å². The molecule has 100 valence electrons. The smallest absolute Gasteiger partial charge is 0.0670 e. The van der Waals surface area contributed by atoms with Crippen molar-refractivity contribution < 1.29 is 0 Å². The molecule has 0 bridgehead atoms. The minimum atomic E-state index is -0.0856. The molecule has 0 aromatic heterocycles. The van der Waals surface area contributed by atoms with Crippen LogP contribution in [0.5, 0.6) is 0 Å². The zero-order valence-electron chi connectivity index (χ0n) is 11.9. The van der Waals surface area contributed by atoms with Crippen molar-refractivity contribution in [3.8, 4) is 0 Å². The van der Waals surface area contributed by atoms with Gasteiger partial charge in [0.25, 0.3) is 0 Å². The molecule has 0 aliphatic carbocycles. The molecule has 2 nitrogen and oxygen atoms in total. The second kappa shape index (κ2) is 4.71. The fraction of sp³-hybridized carbons (Fsp3) is 0.222. The fourth-order valence-corrected chi connectivity index (χ4v) is 2.71. The predicted octanol–water partition coefficient (Wildman–Crippen LogP) is 4.51. The van der Waals surface area contributed by atoms with Crippen LogP contribution in [0, 0.1) is 5.41 Å². The molecular formula is C18H18N2. The van der Waals surface area contributed by atoms with Crippen molar-refractivity contribution in [3.05, 3.63) is 65.7 Å². The quantitative estimate of drug-likeness (QED) is 0.790. The summed E-state index contributed by atoms with van der Waals surface area (Å²) in [7, 11) is 0. The Kier molecular flexibility index (Phi) is 3.01. The van der Waals surface area contributed by atoms with E-state index in [1.54, 1.807) is 0 Å². The second-order valence-corrected chi connectivity index (χ2v) is 5.72. The normalized spacial score (nSPS) is 15.6. The Bertz CT molecular complexity index is 682. The molecule has 2 heteroatoms. The summed E-state index contributed by atoms with van der Waals surface area (Å²) in [5.74, 6) is 0. The monoisotopic (exact) mass is 262 g/mol. The molecule has 0 radical (unpaired) electrons. The third kappa shape index (κ3) is 2.07. The van der Waals surface area contributed by atoms with Gasteiger partial charge in [0.05, 0.1) is 5.69 Å². The van der Waals surface area contributed by atoms with E-state index in [0.717, 1.165) is 17.0 Å². The highest BCUT2D eigenvalue weighted by atomic mass is 14.8. The summed E-state index contributed by atoms with van der Waals surface area (Å²) in [6, 6.07) is 18.2. The first-order valence-corrected chi connectivity index (χ1v) is 6.89. The van der Waals surface area contributed by atoms with Crippen molar-refractivity contribution in [1.82, 2.24) is 0 Å². The van der Waals surface area contributed by atoms with Gasteiger partial charge in [-0.2, -0.15) is 0 Å². The molecule has 1 N–H and O–H groups in total. The van der Waals surface area contributed by atoms with Crippen LogP contribution in [0.2, 0.25) is 0 Å². The molecule has 0 fully saturated rings. The summed E-state index contributed by atoms with van der Waals surface area (Å²) in [6.45, 7) is 4.38. The lowest BCUT2D eigenvalue weighted by Crippen LogP contribution is -2.27. The Balaban J connectivity index is 1.89. The number of para-hydroxylation sites is 1. The van der Waals surface area contributed by atoms with Crippen LogP contribution in [0.4, 0.5) is 5.69 Å². The van der Waals surface area contributed by atoms with Crippen LogP contribution in [0.15, 0.2) is 59.6 Å². The van der Waals surface area contributed by atoms with E-state index < -0.39 is 0 Å². The van der Waals surface area contributed by atoms with Crippen LogP contribution in [-0.2, 0) is 5.41 Å². The Morgan fingerprint density at radius 2 is 1.65 bits per heavy atom. The van der Waals surface area contributed by atoms with E-state index in [1.165, 1.54) is 5.56 Å². The van der Waals surface area contributed by atoms with E-state index in [9.17, 15) is 0 Å². The summed E-state index contributed by atoms with van der Waals surface area (Å²) >= 11 is 0. The van der Waals surface area contributed by atoms with Crippen LogP contribution in [0.3, 0.4) is 0 Å². The summed E-state index contributed by atoms with van der Waals surface area (Å²) in [6.07, 6.45) is 0.603. The zero-order chi connectivity index (χ0) is 14.2. The van der Waals surface area contributed by atoms with Gasteiger partial charge in [-0.15, -0.1) is 0 Å². The van der Waals surface area contributed by atoms with Crippen LogP contribution < -0.4 is 0 Å². The Morgan fingerprint density at radius 3 is 2.35 bits per heavy atom. The Morgan fingerprint density at radius 1 is 1.00 bits per heavy atom. The molecule has 2 aromatic carbocycles. The van der Waals surface area contributed by atoms with Gasteiger partial charge in [0, 0.05) is 23.3 Å². The number of hydrogen-bond donors (Lipinski definition) is 1. The molecule has 0 saturated heterocycles. The third-order valence-corrected chi connectivity index (χ3v) is 4.02. The van der Waals surface area contributed by atoms with Crippen molar-refractivity contribution in [1.29, 1.82) is 5.41 Å². The molecule has 1 aliphatic rings. The summed E-state index contributed by atoms with van der Waals surface area (Å²) in [5.41, 5.74) is 4.90. The lowest BCUT2D eigenvalue weighted by atomic mass is 9.79. The topological polar surface area (TPSA) is 36.2 Å². The van der Waals surface area contributed by atoms with Crippen molar-refractivity contribution in [2.45, 2.75) is 25.7 Å². The van der Waals surface area contributed by atoms with E-state index in [-0.39, 0.29) is 5.41 Å². The minimum absolute atomic E-state index is 0.0856. The maximum atomic E-state index is 8.30. The lowest BCUT2D eigenvalue weighted by Gasteiger charge is -2.22. The molecule has 0 saturated carbocycles. The third-order valence-electron chi connectivity index (χ3n) is 4.02. The maximum Gasteiger partial charge on any atom is 0.0670 e.